The van der Waals surface area contributed by atoms with E-state index in [1.807, 2.05) is 0 Å². The van der Waals surface area contributed by atoms with Crippen LogP contribution in [0, 0.1) is 5.41 Å². The fraction of sp³-hybridized carbons (Fsp3) is 0.688. The van der Waals surface area contributed by atoms with Gasteiger partial charge in [0.2, 0.25) is 0 Å². The van der Waals surface area contributed by atoms with Crippen LogP contribution in [-0.2, 0) is 6.54 Å². The molecule has 3 rings (SSSR count). The van der Waals surface area contributed by atoms with Crippen LogP contribution >= 0.6 is 11.3 Å². The minimum atomic E-state index is 0.480. The van der Waals surface area contributed by atoms with E-state index in [1.165, 1.54) is 30.8 Å². The van der Waals surface area contributed by atoms with Crippen molar-refractivity contribution < 1.29 is 0 Å². The number of aromatic nitrogens is 2. The monoisotopic (exact) mass is 306 g/mol. The van der Waals surface area contributed by atoms with E-state index in [1.54, 1.807) is 11.3 Å². The summed E-state index contributed by atoms with van der Waals surface area (Å²) >= 11 is 1.72. The number of nitrogens with one attached hydrogen (secondary N) is 1. The maximum atomic E-state index is 4.89. The summed E-state index contributed by atoms with van der Waals surface area (Å²) in [5, 5.41) is 5.65. The van der Waals surface area contributed by atoms with Crippen molar-refractivity contribution >= 4 is 22.1 Å². The average Bonchev–Trinajstić information content (AvgIpc) is 3.01. The molecule has 5 heteroatoms. The fourth-order valence-corrected chi connectivity index (χ4v) is 3.67. The Kier molecular flexibility index (Phi) is 4.22. The summed E-state index contributed by atoms with van der Waals surface area (Å²) in [5.74, 6) is 1.20. The summed E-state index contributed by atoms with van der Waals surface area (Å²) in [6.45, 7) is 11.2. The molecule has 0 amide bonds. The van der Waals surface area contributed by atoms with Crippen LogP contribution in [0.2, 0.25) is 0 Å². The van der Waals surface area contributed by atoms with Gasteiger partial charge in [0.25, 0.3) is 0 Å². The number of piperidine rings is 1. The highest BCUT2D eigenvalue weighted by Crippen LogP contribution is 2.34. The first-order valence-electron chi connectivity index (χ1n) is 8.01. The smallest absolute Gasteiger partial charge is 0.195 e. The van der Waals surface area contributed by atoms with Crippen molar-refractivity contribution in [3.8, 4) is 0 Å². The average molecular weight is 306 g/mol. The molecule has 1 aliphatic heterocycles. The second-order valence-corrected chi connectivity index (χ2v) is 7.64. The van der Waals surface area contributed by atoms with Crippen LogP contribution < -0.4 is 10.2 Å². The highest BCUT2D eigenvalue weighted by atomic mass is 32.1. The van der Waals surface area contributed by atoms with E-state index in [4.69, 9.17) is 4.98 Å². The molecule has 1 fully saturated rings. The van der Waals surface area contributed by atoms with Crippen molar-refractivity contribution in [3.63, 3.8) is 0 Å². The van der Waals surface area contributed by atoms with Gasteiger partial charge in [-0.25, -0.2) is 4.98 Å². The molecule has 0 bridgehead atoms. The molecule has 1 saturated heterocycles. The van der Waals surface area contributed by atoms with Gasteiger partial charge in [-0.1, -0.05) is 20.8 Å². The number of imidazole rings is 1. The van der Waals surface area contributed by atoms with E-state index in [9.17, 15) is 0 Å². The van der Waals surface area contributed by atoms with Crippen molar-refractivity contribution in [2.24, 2.45) is 5.41 Å². The Morgan fingerprint density at radius 1 is 1.33 bits per heavy atom. The third-order valence-corrected chi connectivity index (χ3v) is 5.23. The minimum absolute atomic E-state index is 0.480. The molecule has 1 N–H and O–H groups in total. The number of thiazole rings is 1. The van der Waals surface area contributed by atoms with Crippen LogP contribution in [0.4, 0.5) is 5.82 Å². The molecule has 0 aliphatic carbocycles. The molecule has 0 atom stereocenters. The van der Waals surface area contributed by atoms with E-state index in [0.29, 0.717) is 5.41 Å². The Balaban J connectivity index is 1.83. The topological polar surface area (TPSA) is 32.6 Å². The van der Waals surface area contributed by atoms with E-state index in [-0.39, 0.29) is 0 Å². The van der Waals surface area contributed by atoms with Gasteiger partial charge >= 0.3 is 0 Å². The Morgan fingerprint density at radius 2 is 2.10 bits per heavy atom. The minimum Gasteiger partial charge on any atom is -0.355 e. The first-order chi connectivity index (χ1) is 10.1. The molecule has 2 aromatic rings. The largest absolute Gasteiger partial charge is 0.355 e. The number of anilines is 1. The molecule has 0 aromatic carbocycles. The van der Waals surface area contributed by atoms with Gasteiger partial charge < -0.3 is 10.2 Å². The lowest BCUT2D eigenvalue weighted by Gasteiger charge is -2.37. The van der Waals surface area contributed by atoms with Crippen molar-refractivity contribution in [1.29, 1.82) is 0 Å². The molecule has 4 nitrogen and oxygen atoms in total. The molecule has 21 heavy (non-hydrogen) atoms. The number of hydrogen-bond acceptors (Lipinski definition) is 4. The van der Waals surface area contributed by atoms with Gasteiger partial charge in [-0.15, -0.1) is 11.3 Å². The zero-order chi connectivity index (χ0) is 14.9. The highest BCUT2D eigenvalue weighted by Gasteiger charge is 2.28. The van der Waals surface area contributed by atoms with E-state index in [0.717, 1.165) is 31.1 Å². The normalized spacial score (nSPS) is 18.5. The molecule has 116 valence electrons. The van der Waals surface area contributed by atoms with Gasteiger partial charge in [-0.3, -0.25) is 4.40 Å². The van der Waals surface area contributed by atoms with Gasteiger partial charge in [0, 0.05) is 31.2 Å². The molecule has 2 aromatic heterocycles. The van der Waals surface area contributed by atoms with Crippen molar-refractivity contribution in [1.82, 2.24) is 14.7 Å². The molecule has 0 saturated carbocycles. The summed E-state index contributed by atoms with van der Waals surface area (Å²) in [6, 6.07) is 0. The Bertz CT molecular complexity index is 588. The highest BCUT2D eigenvalue weighted by molar-refractivity contribution is 7.15. The summed E-state index contributed by atoms with van der Waals surface area (Å²) < 4.78 is 2.25. The van der Waals surface area contributed by atoms with Crippen LogP contribution in [0.25, 0.3) is 4.96 Å². The Hall–Kier alpha value is -1.07. The third-order valence-electron chi connectivity index (χ3n) is 4.48. The number of fused-ring (bicyclic) bond motifs is 1. The van der Waals surface area contributed by atoms with Crippen LogP contribution in [0.5, 0.6) is 0 Å². The van der Waals surface area contributed by atoms with Crippen molar-refractivity contribution in [3.05, 3.63) is 17.3 Å². The predicted octanol–water partition coefficient (Wildman–Crippen LogP) is 3.52. The summed E-state index contributed by atoms with van der Waals surface area (Å²) in [6.07, 6.45) is 5.81. The van der Waals surface area contributed by atoms with Crippen LogP contribution in [0.3, 0.4) is 0 Å². The SMILES string of the molecule is CCCNCc1c(N2CCC(C)(C)CC2)nc2sccn12. The lowest BCUT2D eigenvalue weighted by atomic mass is 9.83. The molecule has 1 aliphatic rings. The third kappa shape index (κ3) is 3.09. The molecule has 0 unspecified atom stereocenters. The van der Waals surface area contributed by atoms with E-state index in [2.05, 4.69) is 47.0 Å². The summed E-state index contributed by atoms with van der Waals surface area (Å²) in [4.78, 5) is 8.48. The van der Waals surface area contributed by atoms with E-state index < -0.39 is 0 Å². The molecule has 3 heterocycles. The zero-order valence-corrected chi connectivity index (χ0v) is 14.2. The fourth-order valence-electron chi connectivity index (χ4n) is 2.95. The molecular weight excluding hydrogens is 280 g/mol. The van der Waals surface area contributed by atoms with Gasteiger partial charge in [0.05, 0.1) is 5.69 Å². The lowest BCUT2D eigenvalue weighted by molar-refractivity contribution is 0.279. The molecular formula is C16H26N4S. The zero-order valence-electron chi connectivity index (χ0n) is 13.4. The predicted molar refractivity (Wildman–Crippen MR) is 90.3 cm³/mol. The van der Waals surface area contributed by atoms with Crippen LogP contribution in [-0.4, -0.2) is 29.0 Å². The van der Waals surface area contributed by atoms with Gasteiger partial charge in [0.1, 0.15) is 0 Å². The standard InChI is InChI=1S/C16H26N4S/c1-4-7-17-12-13-14(18-15-20(13)10-11-21-15)19-8-5-16(2,3)6-9-19/h10-11,17H,4-9,12H2,1-3H3. The van der Waals surface area contributed by atoms with Crippen LogP contribution in [0.15, 0.2) is 11.6 Å². The first kappa shape index (κ1) is 14.9. The second kappa shape index (κ2) is 5.97. The Morgan fingerprint density at radius 3 is 2.81 bits per heavy atom. The van der Waals surface area contributed by atoms with Crippen molar-refractivity contribution in [2.75, 3.05) is 24.5 Å². The van der Waals surface area contributed by atoms with Gasteiger partial charge in [-0.2, -0.15) is 0 Å². The van der Waals surface area contributed by atoms with E-state index >= 15 is 0 Å². The maximum absolute atomic E-state index is 4.89. The molecule has 0 radical (unpaired) electrons. The molecule has 0 spiro atoms. The summed E-state index contributed by atoms with van der Waals surface area (Å²) in [7, 11) is 0. The number of hydrogen-bond donors (Lipinski definition) is 1. The van der Waals surface area contributed by atoms with Crippen molar-refractivity contribution in [2.45, 2.75) is 46.6 Å². The lowest BCUT2D eigenvalue weighted by Crippen LogP contribution is -2.38. The Labute approximate surface area is 131 Å². The number of rotatable bonds is 5. The maximum Gasteiger partial charge on any atom is 0.195 e. The second-order valence-electron chi connectivity index (χ2n) is 6.77. The van der Waals surface area contributed by atoms with Crippen LogP contribution in [0.1, 0.15) is 45.7 Å². The van der Waals surface area contributed by atoms with Gasteiger partial charge in [0.15, 0.2) is 10.8 Å². The number of nitrogens with zero attached hydrogens (tertiary/aromatic N) is 3. The van der Waals surface area contributed by atoms with Gasteiger partial charge in [-0.05, 0) is 31.2 Å². The quantitative estimate of drug-likeness (QED) is 0.858. The summed E-state index contributed by atoms with van der Waals surface area (Å²) in [5.41, 5.74) is 1.80. The first-order valence-corrected chi connectivity index (χ1v) is 8.89.